The molecule has 0 heterocycles. The zero-order chi connectivity index (χ0) is 17.5. The Kier molecular flexibility index (Phi) is 7.50. The van der Waals surface area contributed by atoms with Crippen molar-refractivity contribution in [3.63, 3.8) is 0 Å². The molecule has 0 N–H and O–H groups in total. The lowest BCUT2D eigenvalue weighted by Gasteiger charge is -2.36. The van der Waals surface area contributed by atoms with Crippen molar-refractivity contribution in [3.8, 4) is 0 Å². The Morgan fingerprint density at radius 2 is 1.75 bits per heavy atom. The number of carbonyl (C=O) groups excluding carboxylic acids is 1. The monoisotopic (exact) mass is 392 g/mol. The van der Waals surface area contributed by atoms with Gasteiger partial charge in [0.25, 0.3) is 0 Å². The van der Waals surface area contributed by atoms with Gasteiger partial charge in [0.1, 0.15) is 0 Å². The highest BCUT2D eigenvalue weighted by molar-refractivity contribution is 9.10. The Bertz CT molecular complexity index is 545. The molecule has 0 atom stereocenters. The SMILES string of the molecule is CN(C)CCN(C(=O)/C=C/c1ccc(Br)cc1)[C@H]1CC[C@H](C)CC1. The first-order chi connectivity index (χ1) is 11.5. The Morgan fingerprint density at radius 3 is 2.33 bits per heavy atom. The van der Waals surface area contributed by atoms with E-state index in [2.05, 4.69) is 46.7 Å². The Labute approximate surface area is 154 Å². The zero-order valence-corrected chi connectivity index (χ0v) is 16.6. The molecule has 4 heteroatoms. The third-order valence-corrected chi connectivity index (χ3v) is 5.31. The van der Waals surface area contributed by atoms with Gasteiger partial charge in [-0.15, -0.1) is 0 Å². The first-order valence-corrected chi connectivity index (χ1v) is 9.64. The van der Waals surface area contributed by atoms with Gasteiger partial charge < -0.3 is 9.80 Å². The molecule has 0 spiro atoms. The van der Waals surface area contributed by atoms with Crippen LogP contribution in [-0.4, -0.2) is 48.9 Å². The highest BCUT2D eigenvalue weighted by Crippen LogP contribution is 2.27. The average molecular weight is 393 g/mol. The minimum atomic E-state index is 0.138. The molecule has 1 saturated carbocycles. The van der Waals surface area contributed by atoms with Crippen molar-refractivity contribution in [1.82, 2.24) is 9.80 Å². The third-order valence-electron chi connectivity index (χ3n) is 4.79. The third kappa shape index (κ3) is 6.06. The first-order valence-electron chi connectivity index (χ1n) is 8.84. The highest BCUT2D eigenvalue weighted by Gasteiger charge is 2.26. The molecule has 132 valence electrons. The van der Waals surface area contributed by atoms with Gasteiger partial charge in [-0.1, -0.05) is 35.0 Å². The van der Waals surface area contributed by atoms with Crippen molar-refractivity contribution in [1.29, 1.82) is 0 Å². The second-order valence-electron chi connectivity index (χ2n) is 7.13. The minimum absolute atomic E-state index is 0.138. The second kappa shape index (κ2) is 9.38. The van der Waals surface area contributed by atoms with E-state index in [0.717, 1.165) is 41.9 Å². The van der Waals surface area contributed by atoms with Gasteiger partial charge >= 0.3 is 0 Å². The molecule has 0 aliphatic heterocycles. The predicted octanol–water partition coefficient (Wildman–Crippen LogP) is 4.43. The van der Waals surface area contributed by atoms with Crippen molar-refractivity contribution >= 4 is 27.9 Å². The Balaban J connectivity index is 2.04. The molecule has 1 fully saturated rings. The van der Waals surface area contributed by atoms with Crippen LogP contribution in [0.1, 0.15) is 38.2 Å². The molecule has 0 saturated heterocycles. The fourth-order valence-corrected chi connectivity index (χ4v) is 3.44. The molecule has 1 amide bonds. The highest BCUT2D eigenvalue weighted by atomic mass is 79.9. The number of rotatable bonds is 6. The molecule has 0 unspecified atom stereocenters. The van der Waals surface area contributed by atoms with Gasteiger partial charge in [0.15, 0.2) is 0 Å². The van der Waals surface area contributed by atoms with E-state index in [1.54, 1.807) is 6.08 Å². The molecule has 24 heavy (non-hydrogen) atoms. The molecule has 1 aromatic rings. The number of hydrogen-bond acceptors (Lipinski definition) is 2. The van der Waals surface area contributed by atoms with Crippen molar-refractivity contribution in [2.75, 3.05) is 27.2 Å². The standard InChI is InChI=1S/C20H29BrN2O/c1-16-4-11-19(12-5-16)23(15-14-22(2)3)20(24)13-8-17-6-9-18(21)10-7-17/h6-10,13,16,19H,4-5,11-12,14-15H2,1-3H3/b13-8+/t16-,19-. The van der Waals surface area contributed by atoms with Crippen molar-refractivity contribution in [3.05, 3.63) is 40.4 Å². The summed E-state index contributed by atoms with van der Waals surface area (Å²) in [7, 11) is 4.12. The smallest absolute Gasteiger partial charge is 0.246 e. The summed E-state index contributed by atoms with van der Waals surface area (Å²) in [6.45, 7) is 4.02. The number of carbonyl (C=O) groups is 1. The molecule has 0 bridgehead atoms. The van der Waals surface area contributed by atoms with E-state index >= 15 is 0 Å². The van der Waals surface area contributed by atoms with E-state index in [4.69, 9.17) is 0 Å². The average Bonchev–Trinajstić information content (AvgIpc) is 2.56. The Morgan fingerprint density at radius 1 is 1.12 bits per heavy atom. The molecule has 0 radical (unpaired) electrons. The summed E-state index contributed by atoms with van der Waals surface area (Å²) in [6, 6.07) is 8.41. The van der Waals surface area contributed by atoms with E-state index < -0.39 is 0 Å². The quantitative estimate of drug-likeness (QED) is 0.668. The van der Waals surface area contributed by atoms with Crippen LogP contribution in [0.3, 0.4) is 0 Å². The van der Waals surface area contributed by atoms with Crippen molar-refractivity contribution in [2.45, 2.75) is 38.6 Å². The van der Waals surface area contributed by atoms with Gasteiger partial charge in [0, 0.05) is 29.7 Å². The van der Waals surface area contributed by atoms with Crippen molar-refractivity contribution < 1.29 is 4.79 Å². The van der Waals surface area contributed by atoms with Crippen LogP contribution in [0.15, 0.2) is 34.8 Å². The van der Waals surface area contributed by atoms with Crippen LogP contribution in [0.4, 0.5) is 0 Å². The zero-order valence-electron chi connectivity index (χ0n) is 15.0. The van der Waals surface area contributed by atoms with Crippen LogP contribution in [0.2, 0.25) is 0 Å². The number of nitrogens with zero attached hydrogens (tertiary/aromatic N) is 2. The second-order valence-corrected chi connectivity index (χ2v) is 8.05. The first kappa shape index (κ1) is 19.2. The van der Waals surface area contributed by atoms with E-state index in [1.165, 1.54) is 12.8 Å². The maximum Gasteiger partial charge on any atom is 0.246 e. The summed E-state index contributed by atoms with van der Waals surface area (Å²) in [6.07, 6.45) is 8.37. The van der Waals surface area contributed by atoms with E-state index in [0.29, 0.717) is 6.04 Å². The summed E-state index contributed by atoms with van der Waals surface area (Å²) in [4.78, 5) is 17.0. The van der Waals surface area contributed by atoms with Gasteiger partial charge in [-0.25, -0.2) is 0 Å². The van der Waals surface area contributed by atoms with Gasteiger partial charge in [-0.2, -0.15) is 0 Å². The lowest BCUT2D eigenvalue weighted by Crippen LogP contribution is -2.44. The molecule has 3 nitrogen and oxygen atoms in total. The normalized spacial score (nSPS) is 21.4. The summed E-state index contributed by atoms with van der Waals surface area (Å²) in [5.74, 6) is 0.935. The number of amides is 1. The van der Waals surface area contributed by atoms with E-state index in [-0.39, 0.29) is 5.91 Å². The topological polar surface area (TPSA) is 23.6 Å². The van der Waals surface area contributed by atoms with Crippen LogP contribution < -0.4 is 0 Å². The van der Waals surface area contributed by atoms with E-state index in [9.17, 15) is 4.79 Å². The Hall–Kier alpha value is -1.13. The predicted molar refractivity (Wildman–Crippen MR) is 105 cm³/mol. The van der Waals surface area contributed by atoms with Crippen molar-refractivity contribution in [2.24, 2.45) is 5.92 Å². The molecular weight excluding hydrogens is 364 g/mol. The number of hydrogen-bond donors (Lipinski definition) is 0. The molecule has 2 rings (SSSR count). The van der Waals surface area contributed by atoms with Crippen LogP contribution in [0, 0.1) is 5.92 Å². The van der Waals surface area contributed by atoms with Gasteiger partial charge in [-0.3, -0.25) is 4.79 Å². The summed E-state index contributed by atoms with van der Waals surface area (Å²) in [5.41, 5.74) is 1.05. The number of halogens is 1. The maximum atomic E-state index is 12.8. The number of likely N-dealkylation sites (N-methyl/N-ethyl adjacent to an activating group) is 1. The fraction of sp³-hybridized carbons (Fsp3) is 0.550. The van der Waals surface area contributed by atoms with E-state index in [1.807, 2.05) is 30.3 Å². The van der Waals surface area contributed by atoms with Crippen LogP contribution in [-0.2, 0) is 4.79 Å². The van der Waals surface area contributed by atoms with Crippen LogP contribution in [0.25, 0.3) is 6.08 Å². The largest absolute Gasteiger partial charge is 0.335 e. The van der Waals surface area contributed by atoms with Crippen LogP contribution >= 0.6 is 15.9 Å². The lowest BCUT2D eigenvalue weighted by molar-refractivity contribution is -0.129. The molecule has 0 aromatic heterocycles. The summed E-state index contributed by atoms with van der Waals surface area (Å²) < 4.78 is 1.05. The van der Waals surface area contributed by atoms with Gasteiger partial charge in [0.2, 0.25) is 5.91 Å². The molecule has 1 aliphatic carbocycles. The number of benzene rings is 1. The molecule has 1 aliphatic rings. The minimum Gasteiger partial charge on any atom is -0.335 e. The summed E-state index contributed by atoms with van der Waals surface area (Å²) in [5, 5.41) is 0. The van der Waals surface area contributed by atoms with Crippen LogP contribution in [0.5, 0.6) is 0 Å². The fourth-order valence-electron chi connectivity index (χ4n) is 3.17. The molecular formula is C20H29BrN2O. The molecule has 1 aromatic carbocycles. The maximum absolute atomic E-state index is 12.8. The lowest BCUT2D eigenvalue weighted by atomic mass is 9.86. The van der Waals surface area contributed by atoms with Gasteiger partial charge in [0.05, 0.1) is 0 Å². The van der Waals surface area contributed by atoms with Gasteiger partial charge in [-0.05, 0) is 69.5 Å². The summed E-state index contributed by atoms with van der Waals surface area (Å²) >= 11 is 3.44.